The number of carboxylic acids is 2. The molecule has 0 saturated heterocycles. The summed E-state index contributed by atoms with van der Waals surface area (Å²) < 4.78 is 4.00. The van der Waals surface area contributed by atoms with Crippen LogP contribution in [0.1, 0.15) is 19.8 Å². The molecule has 0 aliphatic heterocycles. The maximum atomic E-state index is 11.1. The summed E-state index contributed by atoms with van der Waals surface area (Å²) >= 11 is 0. The fourth-order valence-corrected chi connectivity index (χ4v) is 0.936. The Morgan fingerprint density at radius 3 is 1.95 bits per heavy atom. The summed E-state index contributed by atoms with van der Waals surface area (Å²) in [5.41, 5.74) is -2.87. The minimum absolute atomic E-state index is 0. The molecule has 2 atom stereocenters. The molecular formula is C9H14CaO9. The van der Waals surface area contributed by atoms with Gasteiger partial charge in [-0.3, -0.25) is 9.59 Å². The molecule has 10 heteroatoms. The van der Waals surface area contributed by atoms with E-state index in [1.165, 1.54) is 0 Å². The number of hydrogen-bond acceptors (Lipinski definition) is 7. The van der Waals surface area contributed by atoms with Gasteiger partial charge in [0, 0.05) is 0 Å². The van der Waals surface area contributed by atoms with Crippen LogP contribution >= 0.6 is 0 Å². The molecule has 9 nitrogen and oxygen atoms in total. The third kappa shape index (κ3) is 7.43. The van der Waals surface area contributed by atoms with Crippen LogP contribution in [0.5, 0.6) is 0 Å². The van der Waals surface area contributed by atoms with Gasteiger partial charge in [-0.1, -0.05) is 0 Å². The van der Waals surface area contributed by atoms with Crippen LogP contribution < -0.4 is 0 Å². The number of aliphatic hydroxyl groups is 2. The Hall–Kier alpha value is -0.740. The summed E-state index contributed by atoms with van der Waals surface area (Å²) in [6.07, 6.45) is -4.07. The average Bonchev–Trinajstić information content (AvgIpc) is 2.14. The summed E-state index contributed by atoms with van der Waals surface area (Å²) in [6, 6.07) is 0. The zero-order valence-electron chi connectivity index (χ0n) is 9.32. The van der Waals surface area contributed by atoms with Crippen LogP contribution in [0.15, 0.2) is 0 Å². The number of hydrogen-bond donors (Lipinski definition) is 4. The Bertz CT molecular complexity index is 378. The maximum absolute atomic E-state index is 11.1. The van der Waals surface area contributed by atoms with Crippen molar-refractivity contribution in [2.45, 2.75) is 31.5 Å². The van der Waals surface area contributed by atoms with E-state index >= 15 is 0 Å². The molecule has 0 aromatic rings. The van der Waals surface area contributed by atoms with Gasteiger partial charge >= 0.3 is 61.6 Å². The average molecular weight is 306 g/mol. The van der Waals surface area contributed by atoms with Crippen LogP contribution in [0.3, 0.4) is 0 Å². The van der Waals surface area contributed by atoms with Gasteiger partial charge in [-0.05, 0) is 6.92 Å². The molecule has 2 unspecified atom stereocenters. The quantitative estimate of drug-likeness (QED) is 0.231. The molecule has 0 bridgehead atoms. The topological polar surface area (TPSA) is 158 Å². The van der Waals surface area contributed by atoms with Crippen LogP contribution in [0.4, 0.5) is 0 Å². The molecule has 0 aromatic heterocycles. The molecule has 0 aliphatic rings. The van der Waals surface area contributed by atoms with Crippen LogP contribution in [-0.4, -0.2) is 93.7 Å². The van der Waals surface area contributed by atoms with E-state index in [4.69, 9.17) is 15.3 Å². The molecule has 106 valence electrons. The van der Waals surface area contributed by atoms with Crippen LogP contribution in [0, 0.1) is 0 Å². The number of aliphatic hydroxyl groups excluding tert-OH is 1. The molecule has 19 heavy (non-hydrogen) atoms. The summed E-state index contributed by atoms with van der Waals surface area (Å²) in [5, 5.41) is 35.2. The van der Waals surface area contributed by atoms with E-state index in [9.17, 15) is 24.3 Å². The van der Waals surface area contributed by atoms with Crippen molar-refractivity contribution in [1.29, 1.82) is 0 Å². The van der Waals surface area contributed by atoms with Gasteiger partial charge in [0.25, 0.3) is 0 Å². The number of ether oxygens (including phenoxy) is 1. The second-order valence-electron chi connectivity index (χ2n) is 3.55. The fraction of sp³-hybridized carbons (Fsp3) is 0.556. The standard InChI is InChI=1S/C9H12O9.Ca.2H/c1-4(10)7(14)18-6(13)3-9(17,8(15)16)2-5(11)12;;;/h4,10,17H,2-3H2,1H3,(H,11,12)(H,15,16);;;. The first-order valence-corrected chi connectivity index (χ1v) is 4.68. The third-order valence-corrected chi connectivity index (χ3v) is 1.83. The normalized spacial score (nSPS) is 14.5. The van der Waals surface area contributed by atoms with Crippen molar-refractivity contribution in [3.63, 3.8) is 0 Å². The molecule has 0 heterocycles. The number of esters is 2. The zero-order chi connectivity index (χ0) is 14.5. The molecule has 0 fully saturated rings. The van der Waals surface area contributed by atoms with Gasteiger partial charge in [0.05, 0.1) is 12.8 Å². The van der Waals surface area contributed by atoms with Gasteiger partial charge in [-0.25, -0.2) is 9.59 Å². The number of rotatable bonds is 6. The van der Waals surface area contributed by atoms with Crippen molar-refractivity contribution in [2.75, 3.05) is 0 Å². The van der Waals surface area contributed by atoms with Crippen molar-refractivity contribution in [3.05, 3.63) is 0 Å². The summed E-state index contributed by atoms with van der Waals surface area (Å²) in [5.74, 6) is -6.36. The van der Waals surface area contributed by atoms with Gasteiger partial charge in [0.15, 0.2) is 5.60 Å². The molecule has 0 aliphatic carbocycles. The molecule has 0 aromatic carbocycles. The molecule has 0 amide bonds. The van der Waals surface area contributed by atoms with E-state index in [1.54, 1.807) is 0 Å². The second kappa shape index (κ2) is 8.43. The number of carbonyl (C=O) groups is 4. The van der Waals surface area contributed by atoms with E-state index in [2.05, 4.69) is 4.74 Å². The predicted octanol–water partition coefficient (Wildman–Crippen LogP) is -2.80. The van der Waals surface area contributed by atoms with E-state index in [0.29, 0.717) is 0 Å². The zero-order valence-corrected chi connectivity index (χ0v) is 9.32. The van der Waals surface area contributed by atoms with Crippen LogP contribution in [-0.2, 0) is 23.9 Å². The monoisotopic (exact) mass is 306 g/mol. The minimum atomic E-state index is -2.87. The SMILES string of the molecule is CC(O)C(=O)OC(=O)CC(O)(CC(=O)O)C(=O)O.[CaH2]. The van der Waals surface area contributed by atoms with Gasteiger partial charge in [0.1, 0.15) is 6.10 Å². The Kier molecular flexibility index (Phi) is 9.13. The molecule has 4 N–H and O–H groups in total. The molecule has 0 saturated carbocycles. The Balaban J connectivity index is 0. The van der Waals surface area contributed by atoms with Crippen molar-refractivity contribution >= 4 is 61.6 Å². The van der Waals surface area contributed by atoms with Crippen molar-refractivity contribution < 1.29 is 44.3 Å². The van der Waals surface area contributed by atoms with E-state index in [0.717, 1.165) is 6.92 Å². The number of carboxylic acid groups (broad SMARTS) is 2. The van der Waals surface area contributed by atoms with Crippen molar-refractivity contribution in [2.24, 2.45) is 0 Å². The second-order valence-corrected chi connectivity index (χ2v) is 3.55. The Labute approximate surface area is 137 Å². The Morgan fingerprint density at radius 2 is 1.63 bits per heavy atom. The molecule has 0 radical (unpaired) electrons. The number of aliphatic carboxylic acids is 2. The third-order valence-electron chi connectivity index (χ3n) is 1.83. The number of carbonyl (C=O) groups excluding carboxylic acids is 2. The van der Waals surface area contributed by atoms with Crippen LogP contribution in [0.2, 0.25) is 0 Å². The molecule has 0 spiro atoms. The van der Waals surface area contributed by atoms with E-state index in [-0.39, 0.29) is 37.7 Å². The van der Waals surface area contributed by atoms with Gasteiger partial charge < -0.3 is 25.2 Å². The van der Waals surface area contributed by atoms with Crippen LogP contribution in [0.25, 0.3) is 0 Å². The summed E-state index contributed by atoms with van der Waals surface area (Å²) in [7, 11) is 0. The first-order valence-electron chi connectivity index (χ1n) is 4.68. The Morgan fingerprint density at radius 1 is 1.16 bits per heavy atom. The van der Waals surface area contributed by atoms with E-state index in [1.807, 2.05) is 0 Å². The fourth-order valence-electron chi connectivity index (χ4n) is 0.936. The first kappa shape index (κ1) is 20.6. The van der Waals surface area contributed by atoms with Gasteiger partial charge in [-0.15, -0.1) is 0 Å². The first-order chi connectivity index (χ1) is 8.08. The molecule has 0 rings (SSSR count). The molecular weight excluding hydrogens is 292 g/mol. The predicted molar refractivity (Wildman–Crippen MR) is 60.8 cm³/mol. The van der Waals surface area contributed by atoms with Crippen molar-refractivity contribution in [3.8, 4) is 0 Å². The summed E-state index contributed by atoms with van der Waals surface area (Å²) in [6.45, 7) is 1.01. The summed E-state index contributed by atoms with van der Waals surface area (Å²) in [4.78, 5) is 42.9. The van der Waals surface area contributed by atoms with Gasteiger partial charge in [0.2, 0.25) is 0 Å². The van der Waals surface area contributed by atoms with Crippen molar-refractivity contribution in [1.82, 2.24) is 0 Å². The van der Waals surface area contributed by atoms with Gasteiger partial charge in [-0.2, -0.15) is 0 Å². The van der Waals surface area contributed by atoms with E-state index < -0.39 is 48.4 Å².